The molecule has 1 aromatic rings. The highest BCUT2D eigenvalue weighted by atomic mass is 16.5. The zero-order valence-electron chi connectivity index (χ0n) is 8.00. The number of carbonyl (C=O) groups excluding carboxylic acids is 1. The molecule has 1 amide bonds. The second kappa shape index (κ2) is 4.28. The normalized spacial score (nSPS) is 8.93. The molecule has 0 radical (unpaired) electrons. The first kappa shape index (κ1) is 10.1. The summed E-state index contributed by atoms with van der Waals surface area (Å²) in [6.07, 6.45) is 0. The van der Waals surface area contributed by atoms with Crippen LogP contribution in [0.1, 0.15) is 15.9 Å². The van der Waals surface area contributed by atoms with Crippen LogP contribution in [0.25, 0.3) is 0 Å². The van der Waals surface area contributed by atoms with Gasteiger partial charge in [0.25, 0.3) is 5.91 Å². The van der Waals surface area contributed by atoms with Gasteiger partial charge in [-0.15, -0.1) is 0 Å². The molecule has 0 aliphatic carbocycles. The van der Waals surface area contributed by atoms with Gasteiger partial charge in [-0.3, -0.25) is 4.79 Å². The van der Waals surface area contributed by atoms with E-state index in [9.17, 15) is 4.79 Å². The van der Waals surface area contributed by atoms with Crippen LogP contribution < -0.4 is 10.1 Å². The molecule has 0 saturated heterocycles. The molecule has 1 rings (SSSR count). The zero-order valence-corrected chi connectivity index (χ0v) is 8.00. The van der Waals surface area contributed by atoms with E-state index in [0.29, 0.717) is 16.9 Å². The highest BCUT2D eigenvalue weighted by Crippen LogP contribution is 2.18. The van der Waals surface area contributed by atoms with Crippen molar-refractivity contribution in [2.45, 2.75) is 0 Å². The van der Waals surface area contributed by atoms with Crippen LogP contribution in [-0.4, -0.2) is 20.1 Å². The molecular formula is C10H10N2O2. The number of ether oxygens (including phenoxy) is 1. The van der Waals surface area contributed by atoms with Gasteiger partial charge in [0.2, 0.25) is 0 Å². The van der Waals surface area contributed by atoms with Gasteiger partial charge < -0.3 is 10.1 Å². The molecule has 0 aromatic heterocycles. The molecule has 4 heteroatoms. The van der Waals surface area contributed by atoms with Crippen molar-refractivity contribution in [3.63, 3.8) is 0 Å². The monoisotopic (exact) mass is 190 g/mol. The molecule has 0 aliphatic heterocycles. The van der Waals surface area contributed by atoms with E-state index < -0.39 is 0 Å². The number of hydrogen-bond acceptors (Lipinski definition) is 3. The van der Waals surface area contributed by atoms with Gasteiger partial charge in [-0.05, 0) is 18.2 Å². The van der Waals surface area contributed by atoms with Crippen LogP contribution in [0.2, 0.25) is 0 Å². The molecule has 0 saturated carbocycles. The van der Waals surface area contributed by atoms with Crippen molar-refractivity contribution in [3.05, 3.63) is 29.3 Å². The van der Waals surface area contributed by atoms with E-state index in [2.05, 4.69) is 5.32 Å². The van der Waals surface area contributed by atoms with E-state index in [1.165, 1.54) is 13.2 Å². The minimum atomic E-state index is -0.201. The van der Waals surface area contributed by atoms with Crippen LogP contribution >= 0.6 is 0 Å². The Morgan fingerprint density at radius 3 is 2.79 bits per heavy atom. The second-order valence-corrected chi connectivity index (χ2v) is 2.61. The lowest BCUT2D eigenvalue weighted by atomic mass is 10.1. The molecule has 72 valence electrons. The van der Waals surface area contributed by atoms with Crippen LogP contribution in [-0.2, 0) is 0 Å². The minimum Gasteiger partial charge on any atom is -0.495 e. The topological polar surface area (TPSA) is 62.1 Å². The molecule has 0 heterocycles. The Balaban J connectivity index is 3.15. The Bertz CT molecular complexity index is 394. The van der Waals surface area contributed by atoms with Gasteiger partial charge in [-0.2, -0.15) is 5.26 Å². The largest absolute Gasteiger partial charge is 0.495 e. The number of nitrogens with one attached hydrogen (secondary N) is 1. The zero-order chi connectivity index (χ0) is 10.6. The molecule has 0 aliphatic rings. The van der Waals surface area contributed by atoms with E-state index in [1.807, 2.05) is 6.07 Å². The van der Waals surface area contributed by atoms with Gasteiger partial charge in [0.05, 0.1) is 12.7 Å². The Morgan fingerprint density at radius 1 is 1.57 bits per heavy atom. The van der Waals surface area contributed by atoms with Gasteiger partial charge >= 0.3 is 0 Å². The lowest BCUT2D eigenvalue weighted by Gasteiger charge is -2.04. The van der Waals surface area contributed by atoms with Gasteiger partial charge in [-0.25, -0.2) is 0 Å². The summed E-state index contributed by atoms with van der Waals surface area (Å²) < 4.78 is 4.97. The minimum absolute atomic E-state index is 0.201. The summed E-state index contributed by atoms with van der Waals surface area (Å²) in [7, 11) is 3.01. The van der Waals surface area contributed by atoms with Crippen molar-refractivity contribution in [2.75, 3.05) is 14.2 Å². The highest BCUT2D eigenvalue weighted by Gasteiger charge is 2.07. The smallest absolute Gasteiger partial charge is 0.251 e. The van der Waals surface area contributed by atoms with Crippen LogP contribution in [0.5, 0.6) is 5.75 Å². The molecule has 0 unspecified atom stereocenters. The number of carbonyl (C=O) groups is 1. The van der Waals surface area contributed by atoms with E-state index in [0.717, 1.165) is 0 Å². The van der Waals surface area contributed by atoms with E-state index in [1.54, 1.807) is 19.2 Å². The molecule has 1 N–H and O–H groups in total. The first-order chi connectivity index (χ1) is 6.72. The maximum Gasteiger partial charge on any atom is 0.251 e. The van der Waals surface area contributed by atoms with Crippen LogP contribution in [0.3, 0.4) is 0 Å². The van der Waals surface area contributed by atoms with Crippen molar-refractivity contribution < 1.29 is 9.53 Å². The lowest BCUT2D eigenvalue weighted by Crippen LogP contribution is -2.17. The van der Waals surface area contributed by atoms with E-state index in [4.69, 9.17) is 10.00 Å². The van der Waals surface area contributed by atoms with Crippen molar-refractivity contribution >= 4 is 5.91 Å². The number of nitrogens with zero attached hydrogens (tertiary/aromatic N) is 1. The lowest BCUT2D eigenvalue weighted by molar-refractivity contribution is 0.0963. The summed E-state index contributed by atoms with van der Waals surface area (Å²) in [5.74, 6) is 0.210. The molecular weight excluding hydrogens is 180 g/mol. The van der Waals surface area contributed by atoms with E-state index in [-0.39, 0.29) is 5.91 Å². The summed E-state index contributed by atoms with van der Waals surface area (Å²) in [5.41, 5.74) is 0.892. The number of amides is 1. The maximum atomic E-state index is 11.2. The summed E-state index contributed by atoms with van der Waals surface area (Å²) in [6, 6.07) is 6.66. The predicted molar refractivity (Wildman–Crippen MR) is 51.1 cm³/mol. The Kier molecular flexibility index (Phi) is 3.08. The fourth-order valence-corrected chi connectivity index (χ4v) is 1.07. The molecule has 4 nitrogen and oxygen atoms in total. The third-order valence-corrected chi connectivity index (χ3v) is 1.81. The van der Waals surface area contributed by atoms with Crippen molar-refractivity contribution in [2.24, 2.45) is 0 Å². The Hall–Kier alpha value is -2.02. The quantitative estimate of drug-likeness (QED) is 0.754. The standard InChI is InChI=1S/C10H10N2O2/c1-12-10(13)7-3-4-8(6-11)9(5-7)14-2/h3-5H,1-2H3,(H,12,13). The molecule has 0 atom stereocenters. The van der Waals surface area contributed by atoms with Crippen molar-refractivity contribution in [1.29, 1.82) is 5.26 Å². The summed E-state index contributed by atoms with van der Waals surface area (Å²) >= 11 is 0. The first-order valence-electron chi connectivity index (χ1n) is 4.03. The van der Waals surface area contributed by atoms with Gasteiger partial charge in [-0.1, -0.05) is 0 Å². The average molecular weight is 190 g/mol. The summed E-state index contributed by atoms with van der Waals surface area (Å²) in [4.78, 5) is 11.2. The average Bonchev–Trinajstić information content (AvgIpc) is 2.26. The van der Waals surface area contributed by atoms with Gasteiger partial charge in [0, 0.05) is 12.6 Å². The Labute approximate surface area is 82.1 Å². The number of rotatable bonds is 2. The predicted octanol–water partition coefficient (Wildman–Crippen LogP) is 0.926. The van der Waals surface area contributed by atoms with Crippen LogP contribution in [0, 0.1) is 11.3 Å². The fourth-order valence-electron chi connectivity index (χ4n) is 1.07. The van der Waals surface area contributed by atoms with Crippen LogP contribution in [0.15, 0.2) is 18.2 Å². The van der Waals surface area contributed by atoms with Crippen molar-refractivity contribution in [3.8, 4) is 11.8 Å². The Morgan fingerprint density at radius 2 is 2.29 bits per heavy atom. The fraction of sp³-hybridized carbons (Fsp3) is 0.200. The maximum absolute atomic E-state index is 11.2. The van der Waals surface area contributed by atoms with Crippen LogP contribution in [0.4, 0.5) is 0 Å². The number of benzene rings is 1. The first-order valence-corrected chi connectivity index (χ1v) is 4.03. The van der Waals surface area contributed by atoms with Crippen molar-refractivity contribution in [1.82, 2.24) is 5.32 Å². The molecule has 0 spiro atoms. The van der Waals surface area contributed by atoms with E-state index >= 15 is 0 Å². The summed E-state index contributed by atoms with van der Waals surface area (Å²) in [6.45, 7) is 0. The number of nitriles is 1. The third kappa shape index (κ3) is 1.83. The number of hydrogen-bond donors (Lipinski definition) is 1. The molecule has 0 fully saturated rings. The number of methoxy groups -OCH3 is 1. The molecule has 14 heavy (non-hydrogen) atoms. The third-order valence-electron chi connectivity index (χ3n) is 1.81. The summed E-state index contributed by atoms with van der Waals surface area (Å²) in [5, 5.41) is 11.2. The van der Waals surface area contributed by atoms with Gasteiger partial charge in [0.1, 0.15) is 11.8 Å². The SMILES string of the molecule is CNC(=O)c1ccc(C#N)c(OC)c1. The highest BCUT2D eigenvalue weighted by molar-refractivity contribution is 5.94. The van der Waals surface area contributed by atoms with Gasteiger partial charge in [0.15, 0.2) is 0 Å². The molecule has 1 aromatic carbocycles. The second-order valence-electron chi connectivity index (χ2n) is 2.61. The molecule has 0 bridgehead atoms.